The maximum absolute atomic E-state index is 11.4. The number of benzene rings is 6. The fraction of sp³-hybridized carbons (Fsp3) is 0.222. The van der Waals surface area contributed by atoms with Gasteiger partial charge in [0.2, 0.25) is 0 Å². The minimum absolute atomic E-state index is 0.0258. The molecule has 6 aromatic carbocycles. The van der Waals surface area contributed by atoms with Crippen LogP contribution in [0, 0.1) is 12.3 Å². The Hall–Kier alpha value is -6.26. The summed E-state index contributed by atoms with van der Waals surface area (Å²) < 4.78 is 2.24. The summed E-state index contributed by atoms with van der Waals surface area (Å²) in [6.07, 6.45) is 1.91. The number of aromatic nitrogens is 3. The Labute approximate surface area is 343 Å². The highest BCUT2D eigenvalue weighted by Gasteiger charge is 2.35. The van der Waals surface area contributed by atoms with E-state index in [0.717, 1.165) is 55.8 Å². The predicted molar refractivity (Wildman–Crippen MR) is 244 cm³/mol. The molecule has 0 atom stereocenters. The first-order chi connectivity index (χ1) is 27.6. The second-order valence-corrected chi connectivity index (χ2v) is 18.3. The Morgan fingerprint density at radius 2 is 1.21 bits per heavy atom. The van der Waals surface area contributed by atoms with Gasteiger partial charge in [-0.2, -0.15) is 0 Å². The van der Waals surface area contributed by atoms with Gasteiger partial charge in [0.15, 0.2) is 0 Å². The maximum atomic E-state index is 11.4. The Bertz CT molecular complexity index is 2780. The number of fused-ring (bicyclic) bond motifs is 1. The summed E-state index contributed by atoms with van der Waals surface area (Å²) in [6.45, 7) is 20.5. The lowest BCUT2D eigenvalue weighted by Gasteiger charge is -2.40. The van der Waals surface area contributed by atoms with Crippen molar-refractivity contribution in [1.82, 2.24) is 14.5 Å². The van der Waals surface area contributed by atoms with Gasteiger partial charge in [-0.05, 0) is 111 Å². The molecule has 2 heterocycles. The number of hydrogen-bond acceptors (Lipinski definition) is 3. The molecule has 8 rings (SSSR count). The first-order valence-electron chi connectivity index (χ1n) is 20.3. The summed E-state index contributed by atoms with van der Waals surface area (Å²) in [7, 11) is 0. The number of phenolic OH excluding ortho intramolecular Hbond substituents is 1. The standard InChI is InChI=1S/C54H53N3O/c1-35-22-24-36(25-23-35)38-28-29-55-46(33-38)40-30-39(31-42(32-40)52(2,3)4)43-19-15-20-48-50(43)56-51(44-18-13-14-21-49(44)58)57(48)47-27-26-41(54(8,9)53(5,6)7)34-45(47)37-16-11-10-12-17-37/h10-34,58H,1-9H3. The summed E-state index contributed by atoms with van der Waals surface area (Å²) in [5.74, 6) is 0.865. The number of imidazole rings is 1. The highest BCUT2D eigenvalue weighted by Crippen LogP contribution is 2.45. The molecule has 0 amide bonds. The molecule has 0 fully saturated rings. The van der Waals surface area contributed by atoms with Crippen molar-refractivity contribution < 1.29 is 5.11 Å². The summed E-state index contributed by atoms with van der Waals surface area (Å²) in [5, 5.41) is 11.4. The van der Waals surface area contributed by atoms with E-state index in [1.54, 1.807) is 6.07 Å². The summed E-state index contributed by atoms with van der Waals surface area (Å²) in [6, 6.07) is 51.2. The minimum atomic E-state index is -0.124. The molecule has 4 heteroatoms. The number of phenols is 1. The number of nitrogens with zero attached hydrogens (tertiary/aromatic N) is 3. The molecule has 4 nitrogen and oxygen atoms in total. The van der Waals surface area contributed by atoms with Gasteiger partial charge in [-0.1, -0.05) is 152 Å². The monoisotopic (exact) mass is 759 g/mol. The number of rotatable bonds is 7. The van der Waals surface area contributed by atoms with Crippen LogP contribution in [0.3, 0.4) is 0 Å². The van der Waals surface area contributed by atoms with Crippen LogP contribution in [0.15, 0.2) is 152 Å². The average molecular weight is 760 g/mol. The van der Waals surface area contributed by atoms with Crippen molar-refractivity contribution in [3.05, 3.63) is 168 Å². The highest BCUT2D eigenvalue weighted by atomic mass is 16.3. The third kappa shape index (κ3) is 7.13. The van der Waals surface area contributed by atoms with E-state index in [0.29, 0.717) is 11.4 Å². The average Bonchev–Trinajstić information content (AvgIpc) is 3.60. The number of aryl methyl sites for hydroxylation is 1. The fourth-order valence-electron chi connectivity index (χ4n) is 7.70. The van der Waals surface area contributed by atoms with Crippen LogP contribution in [0.4, 0.5) is 0 Å². The topological polar surface area (TPSA) is 50.9 Å². The zero-order valence-corrected chi connectivity index (χ0v) is 35.2. The molecule has 0 aliphatic rings. The zero-order valence-electron chi connectivity index (χ0n) is 35.2. The predicted octanol–water partition coefficient (Wildman–Crippen LogP) is 14.4. The van der Waals surface area contributed by atoms with Gasteiger partial charge in [0.25, 0.3) is 0 Å². The first kappa shape index (κ1) is 38.6. The maximum Gasteiger partial charge on any atom is 0.149 e. The molecule has 0 unspecified atom stereocenters. The molecular formula is C54H53N3O. The lowest BCUT2D eigenvalue weighted by molar-refractivity contribution is 0.225. The number of para-hydroxylation sites is 2. The van der Waals surface area contributed by atoms with Crippen molar-refractivity contribution in [3.8, 4) is 67.5 Å². The Balaban J connectivity index is 1.39. The van der Waals surface area contributed by atoms with Crippen LogP contribution in [0.1, 0.15) is 72.1 Å². The Kier molecular flexibility index (Phi) is 9.72. The van der Waals surface area contributed by atoms with E-state index in [-0.39, 0.29) is 22.0 Å². The normalized spacial score (nSPS) is 12.3. The molecule has 0 saturated carbocycles. The molecule has 8 aromatic rings. The second kappa shape index (κ2) is 14.6. The minimum Gasteiger partial charge on any atom is -0.507 e. The van der Waals surface area contributed by atoms with Crippen LogP contribution in [-0.4, -0.2) is 19.6 Å². The van der Waals surface area contributed by atoms with E-state index in [1.807, 2.05) is 24.4 Å². The van der Waals surface area contributed by atoms with Gasteiger partial charge >= 0.3 is 0 Å². The van der Waals surface area contributed by atoms with Gasteiger partial charge in [0.1, 0.15) is 11.6 Å². The van der Waals surface area contributed by atoms with Crippen molar-refractivity contribution in [2.75, 3.05) is 0 Å². The van der Waals surface area contributed by atoms with Crippen LogP contribution in [0.25, 0.3) is 72.7 Å². The molecule has 0 radical (unpaired) electrons. The van der Waals surface area contributed by atoms with Crippen molar-refractivity contribution in [2.45, 2.75) is 73.1 Å². The third-order valence-corrected chi connectivity index (χ3v) is 12.3. The Morgan fingerprint density at radius 1 is 0.517 bits per heavy atom. The lowest BCUT2D eigenvalue weighted by Crippen LogP contribution is -2.34. The SMILES string of the molecule is Cc1ccc(-c2ccnc(-c3cc(-c4cccc5c4nc(-c4ccccc4O)n5-c4ccc(C(C)(C)C(C)(C)C)cc4-c4ccccc4)cc(C(C)(C)C)c3)c2)cc1. The van der Waals surface area contributed by atoms with Gasteiger partial charge < -0.3 is 5.11 Å². The van der Waals surface area contributed by atoms with Crippen molar-refractivity contribution in [1.29, 1.82) is 0 Å². The van der Waals surface area contributed by atoms with E-state index >= 15 is 0 Å². The summed E-state index contributed by atoms with van der Waals surface area (Å²) >= 11 is 0. The summed E-state index contributed by atoms with van der Waals surface area (Å²) in [5.41, 5.74) is 15.6. The van der Waals surface area contributed by atoms with Gasteiger partial charge in [-0.15, -0.1) is 0 Å². The number of aromatic hydroxyl groups is 1. The van der Waals surface area contributed by atoms with Crippen LogP contribution in [0.2, 0.25) is 0 Å². The molecule has 0 aliphatic carbocycles. The van der Waals surface area contributed by atoms with Gasteiger partial charge in [-0.3, -0.25) is 9.55 Å². The number of pyridine rings is 1. The zero-order chi connectivity index (χ0) is 41.0. The Morgan fingerprint density at radius 3 is 1.91 bits per heavy atom. The van der Waals surface area contributed by atoms with E-state index in [4.69, 9.17) is 9.97 Å². The van der Waals surface area contributed by atoms with Crippen molar-refractivity contribution >= 4 is 11.0 Å². The van der Waals surface area contributed by atoms with Crippen molar-refractivity contribution in [2.24, 2.45) is 5.41 Å². The van der Waals surface area contributed by atoms with Crippen LogP contribution < -0.4 is 0 Å². The third-order valence-electron chi connectivity index (χ3n) is 12.3. The van der Waals surface area contributed by atoms with Crippen molar-refractivity contribution in [3.63, 3.8) is 0 Å². The fourth-order valence-corrected chi connectivity index (χ4v) is 7.70. The molecule has 0 saturated heterocycles. The highest BCUT2D eigenvalue weighted by molar-refractivity contribution is 5.97. The van der Waals surface area contributed by atoms with Gasteiger partial charge in [0, 0.05) is 22.9 Å². The molecule has 0 bridgehead atoms. The summed E-state index contributed by atoms with van der Waals surface area (Å²) in [4.78, 5) is 10.4. The largest absolute Gasteiger partial charge is 0.507 e. The first-order valence-corrected chi connectivity index (χ1v) is 20.3. The molecule has 290 valence electrons. The van der Waals surface area contributed by atoms with E-state index in [2.05, 4.69) is 188 Å². The van der Waals surface area contributed by atoms with Crippen LogP contribution in [-0.2, 0) is 10.8 Å². The molecule has 58 heavy (non-hydrogen) atoms. The molecule has 2 aromatic heterocycles. The smallest absolute Gasteiger partial charge is 0.149 e. The van der Waals surface area contributed by atoms with E-state index in [1.165, 1.54) is 22.3 Å². The molecule has 1 N–H and O–H groups in total. The van der Waals surface area contributed by atoms with Gasteiger partial charge in [-0.25, -0.2) is 4.98 Å². The van der Waals surface area contributed by atoms with E-state index < -0.39 is 0 Å². The quantitative estimate of drug-likeness (QED) is 0.176. The molecule has 0 aliphatic heterocycles. The van der Waals surface area contributed by atoms with Crippen LogP contribution >= 0.6 is 0 Å². The molecule has 0 spiro atoms. The van der Waals surface area contributed by atoms with Crippen LogP contribution in [0.5, 0.6) is 5.75 Å². The lowest BCUT2D eigenvalue weighted by atomic mass is 9.65. The number of hydrogen-bond donors (Lipinski definition) is 1. The second-order valence-electron chi connectivity index (χ2n) is 18.3. The van der Waals surface area contributed by atoms with Gasteiger partial charge in [0.05, 0.1) is 28.0 Å². The molecular weight excluding hydrogens is 707 g/mol. The van der Waals surface area contributed by atoms with E-state index in [9.17, 15) is 5.11 Å².